The zero-order chi connectivity index (χ0) is 20.1. The van der Waals surface area contributed by atoms with Gasteiger partial charge in [0.25, 0.3) is 0 Å². The quantitative estimate of drug-likeness (QED) is 0.271. The normalized spacial score (nSPS) is 11.3. The molecular formula is C24H15NO4. The summed E-state index contributed by atoms with van der Waals surface area (Å²) in [5.74, 6) is -0.499. The minimum atomic E-state index is -0.554. The standard InChI is InChI=1S/C24H15NO4/c1-13-6-9-20-18(10-13)21-19(24(28)29-20)11-15(12-25-21)22(26)17-8-7-14-4-2-3-5-16(14)23(17)27/h2-12,27H,1H3. The number of hydrogen-bond acceptors (Lipinski definition) is 5. The van der Waals surface area contributed by atoms with E-state index in [1.165, 1.54) is 12.3 Å². The van der Waals surface area contributed by atoms with Crippen LogP contribution in [0.2, 0.25) is 0 Å². The minimum Gasteiger partial charge on any atom is -0.507 e. The van der Waals surface area contributed by atoms with Crippen LogP contribution >= 0.6 is 0 Å². The van der Waals surface area contributed by atoms with Gasteiger partial charge in [-0.25, -0.2) is 4.79 Å². The number of hydrogen-bond donors (Lipinski definition) is 1. The second-order valence-electron chi connectivity index (χ2n) is 7.02. The number of carbonyl (C=O) groups excluding carboxylic acids is 1. The summed E-state index contributed by atoms with van der Waals surface area (Å²) in [6.07, 6.45) is 1.43. The highest BCUT2D eigenvalue weighted by Crippen LogP contribution is 2.31. The first kappa shape index (κ1) is 17.1. The summed E-state index contributed by atoms with van der Waals surface area (Å²) in [6, 6.07) is 17.6. The Morgan fingerprint density at radius 2 is 1.79 bits per heavy atom. The molecule has 0 fully saturated rings. The Hall–Kier alpha value is -3.99. The van der Waals surface area contributed by atoms with E-state index >= 15 is 0 Å². The number of aromatic nitrogens is 1. The molecule has 0 saturated heterocycles. The van der Waals surface area contributed by atoms with E-state index in [2.05, 4.69) is 4.98 Å². The first-order chi connectivity index (χ1) is 14.0. The molecule has 2 aromatic heterocycles. The van der Waals surface area contributed by atoms with Gasteiger partial charge in [0.1, 0.15) is 11.3 Å². The van der Waals surface area contributed by atoms with Gasteiger partial charge in [-0.05, 0) is 36.6 Å². The molecule has 0 bridgehead atoms. The molecule has 3 aromatic carbocycles. The van der Waals surface area contributed by atoms with Gasteiger partial charge < -0.3 is 9.52 Å². The predicted octanol–water partition coefficient (Wildman–Crippen LogP) is 4.74. The summed E-state index contributed by atoms with van der Waals surface area (Å²) in [5.41, 5.74) is 1.76. The van der Waals surface area contributed by atoms with Gasteiger partial charge in [-0.1, -0.05) is 42.0 Å². The average molecular weight is 381 g/mol. The van der Waals surface area contributed by atoms with Crippen molar-refractivity contribution in [1.29, 1.82) is 0 Å². The Morgan fingerprint density at radius 3 is 2.66 bits per heavy atom. The Balaban J connectivity index is 1.70. The number of phenols is 1. The largest absolute Gasteiger partial charge is 0.507 e. The maximum absolute atomic E-state index is 13.1. The van der Waals surface area contributed by atoms with E-state index in [-0.39, 0.29) is 22.3 Å². The lowest BCUT2D eigenvalue weighted by molar-refractivity contribution is 0.103. The minimum absolute atomic E-state index is 0.0885. The lowest BCUT2D eigenvalue weighted by Gasteiger charge is -2.08. The summed E-state index contributed by atoms with van der Waals surface area (Å²) in [7, 11) is 0. The summed E-state index contributed by atoms with van der Waals surface area (Å²) < 4.78 is 5.40. The smallest absolute Gasteiger partial charge is 0.345 e. The number of benzene rings is 3. The molecule has 0 aliphatic carbocycles. The number of rotatable bonds is 2. The fourth-order valence-electron chi connectivity index (χ4n) is 3.63. The van der Waals surface area contributed by atoms with E-state index in [1.54, 1.807) is 30.3 Å². The van der Waals surface area contributed by atoms with E-state index in [4.69, 9.17) is 4.42 Å². The Labute approximate surface area is 164 Å². The summed E-state index contributed by atoms with van der Waals surface area (Å²) in [5, 5.41) is 13.0. The number of nitrogens with zero attached hydrogens (tertiary/aromatic N) is 1. The van der Waals surface area contributed by atoms with Crippen molar-refractivity contribution in [1.82, 2.24) is 4.98 Å². The molecule has 0 aliphatic heterocycles. The molecule has 0 spiro atoms. The molecule has 5 heteroatoms. The topological polar surface area (TPSA) is 80.4 Å². The van der Waals surface area contributed by atoms with Crippen molar-refractivity contribution in [2.75, 3.05) is 0 Å². The van der Waals surface area contributed by atoms with Crippen LogP contribution in [0.15, 0.2) is 76.1 Å². The van der Waals surface area contributed by atoms with Gasteiger partial charge in [-0.2, -0.15) is 0 Å². The first-order valence-corrected chi connectivity index (χ1v) is 9.11. The van der Waals surface area contributed by atoms with Crippen LogP contribution in [0, 0.1) is 6.92 Å². The molecule has 0 unspecified atom stereocenters. The Morgan fingerprint density at radius 1 is 0.966 bits per heavy atom. The number of carbonyl (C=O) groups is 1. The molecule has 0 atom stereocenters. The third-order valence-electron chi connectivity index (χ3n) is 5.11. The number of aromatic hydroxyl groups is 1. The molecule has 0 aliphatic rings. The molecule has 29 heavy (non-hydrogen) atoms. The molecular weight excluding hydrogens is 366 g/mol. The number of fused-ring (bicyclic) bond motifs is 4. The van der Waals surface area contributed by atoms with E-state index in [9.17, 15) is 14.7 Å². The summed E-state index contributed by atoms with van der Waals surface area (Å²) >= 11 is 0. The highest BCUT2D eigenvalue weighted by Gasteiger charge is 2.18. The maximum Gasteiger partial charge on any atom is 0.345 e. The fraction of sp³-hybridized carbons (Fsp3) is 0.0417. The second kappa shape index (κ2) is 6.27. The molecule has 5 rings (SSSR count). The van der Waals surface area contributed by atoms with Gasteiger partial charge in [-0.15, -0.1) is 0 Å². The van der Waals surface area contributed by atoms with Gasteiger partial charge in [0, 0.05) is 22.5 Å². The lowest BCUT2D eigenvalue weighted by Crippen LogP contribution is -2.07. The molecule has 0 saturated carbocycles. The van der Waals surface area contributed by atoms with Crippen molar-refractivity contribution in [3.05, 3.63) is 94.0 Å². The van der Waals surface area contributed by atoms with E-state index < -0.39 is 11.4 Å². The fourth-order valence-corrected chi connectivity index (χ4v) is 3.63. The van der Waals surface area contributed by atoms with Crippen molar-refractivity contribution in [3.63, 3.8) is 0 Å². The van der Waals surface area contributed by atoms with Crippen LogP contribution in [0.25, 0.3) is 32.6 Å². The van der Waals surface area contributed by atoms with Crippen molar-refractivity contribution < 1.29 is 14.3 Å². The van der Waals surface area contributed by atoms with Gasteiger partial charge in [-0.3, -0.25) is 9.78 Å². The molecule has 5 aromatic rings. The van der Waals surface area contributed by atoms with E-state index in [1.807, 2.05) is 31.2 Å². The van der Waals surface area contributed by atoms with Crippen molar-refractivity contribution in [2.24, 2.45) is 0 Å². The predicted molar refractivity (Wildman–Crippen MR) is 112 cm³/mol. The molecule has 1 N–H and O–H groups in total. The van der Waals surface area contributed by atoms with Gasteiger partial charge in [0.05, 0.1) is 16.5 Å². The third-order valence-corrected chi connectivity index (χ3v) is 5.11. The van der Waals surface area contributed by atoms with Crippen LogP contribution in [0.1, 0.15) is 21.5 Å². The van der Waals surface area contributed by atoms with Crippen molar-refractivity contribution >= 4 is 38.4 Å². The lowest BCUT2D eigenvalue weighted by atomic mass is 9.98. The van der Waals surface area contributed by atoms with Crippen LogP contribution in [0.5, 0.6) is 5.75 Å². The number of aryl methyl sites for hydroxylation is 1. The molecule has 140 valence electrons. The molecule has 0 radical (unpaired) electrons. The Kier molecular flexibility index (Phi) is 3.71. The monoisotopic (exact) mass is 381 g/mol. The number of pyridine rings is 1. The van der Waals surface area contributed by atoms with Crippen LogP contribution in [0.4, 0.5) is 0 Å². The second-order valence-corrected chi connectivity index (χ2v) is 7.02. The van der Waals surface area contributed by atoms with Gasteiger partial charge >= 0.3 is 5.63 Å². The SMILES string of the molecule is Cc1ccc2oc(=O)c3cc(C(=O)c4ccc5ccccc5c4O)cnc3c2c1. The van der Waals surface area contributed by atoms with Crippen molar-refractivity contribution in [3.8, 4) is 5.75 Å². The highest BCUT2D eigenvalue weighted by molar-refractivity contribution is 6.15. The van der Waals surface area contributed by atoms with Gasteiger partial charge in [0.15, 0.2) is 5.78 Å². The zero-order valence-corrected chi connectivity index (χ0v) is 15.5. The summed E-state index contributed by atoms with van der Waals surface area (Å²) in [6.45, 7) is 1.94. The van der Waals surface area contributed by atoms with E-state index in [0.717, 1.165) is 10.9 Å². The van der Waals surface area contributed by atoms with E-state index in [0.29, 0.717) is 21.9 Å². The van der Waals surface area contributed by atoms with Crippen LogP contribution in [0.3, 0.4) is 0 Å². The van der Waals surface area contributed by atoms with Crippen LogP contribution < -0.4 is 5.63 Å². The van der Waals surface area contributed by atoms with Gasteiger partial charge in [0.2, 0.25) is 0 Å². The third kappa shape index (κ3) is 2.67. The molecule has 0 amide bonds. The molecule has 2 heterocycles. The Bertz CT molecular complexity index is 1520. The maximum atomic E-state index is 13.1. The zero-order valence-electron chi connectivity index (χ0n) is 15.5. The first-order valence-electron chi connectivity index (χ1n) is 9.11. The van der Waals surface area contributed by atoms with Crippen molar-refractivity contribution in [2.45, 2.75) is 6.92 Å². The highest BCUT2D eigenvalue weighted by atomic mass is 16.4. The van der Waals surface area contributed by atoms with Crippen LogP contribution in [-0.4, -0.2) is 15.9 Å². The van der Waals surface area contributed by atoms with Crippen LogP contribution in [-0.2, 0) is 0 Å². The average Bonchev–Trinajstić information content (AvgIpc) is 2.74. The summed E-state index contributed by atoms with van der Waals surface area (Å²) in [4.78, 5) is 29.9. The number of ketones is 1. The molecule has 5 nitrogen and oxygen atoms in total. The number of phenolic OH excluding ortho intramolecular Hbond substituents is 1.